The van der Waals surface area contributed by atoms with E-state index in [1.165, 1.54) is 10.4 Å². The molecule has 1 aliphatic heterocycles. The van der Waals surface area contributed by atoms with Gasteiger partial charge >= 0.3 is 5.97 Å². The van der Waals surface area contributed by atoms with E-state index in [1.54, 1.807) is 18.2 Å². The number of piperazine rings is 1. The Morgan fingerprint density at radius 1 is 1.25 bits per heavy atom. The number of sulfonamides is 1. The third kappa shape index (κ3) is 5.17. The Morgan fingerprint density at radius 2 is 1.96 bits per heavy atom. The highest BCUT2D eigenvalue weighted by molar-refractivity contribution is 7.89. The lowest BCUT2D eigenvalue weighted by molar-refractivity contribution is -0.145. The minimum atomic E-state index is -3.55. The summed E-state index contributed by atoms with van der Waals surface area (Å²) in [6, 6.07) is 6.26. The number of rotatable bonds is 7. The molecule has 0 unspecified atom stereocenters. The molecule has 1 saturated heterocycles. The highest BCUT2D eigenvalue weighted by Crippen LogP contribution is 2.20. The van der Waals surface area contributed by atoms with Gasteiger partial charge in [-0.25, -0.2) is 8.42 Å². The van der Waals surface area contributed by atoms with E-state index in [9.17, 15) is 13.2 Å². The molecule has 0 aromatic heterocycles. The number of ether oxygens (including phenoxy) is 1. The van der Waals surface area contributed by atoms with E-state index in [-0.39, 0.29) is 17.4 Å². The first-order valence-electron chi connectivity index (χ1n) is 8.07. The number of carbonyl (C=O) groups excluding carboxylic acids is 1. The normalized spacial score (nSPS) is 16.9. The molecular weight excluding hydrogens is 352 g/mol. The maximum absolute atomic E-state index is 12.6. The number of hydrogen-bond acceptors (Lipinski definition) is 5. The second-order valence-electron chi connectivity index (χ2n) is 5.71. The van der Waals surface area contributed by atoms with E-state index < -0.39 is 10.0 Å². The van der Waals surface area contributed by atoms with Gasteiger partial charge in [-0.2, -0.15) is 4.31 Å². The number of carbonyl (C=O) groups is 1. The van der Waals surface area contributed by atoms with Crippen molar-refractivity contribution in [2.75, 3.05) is 39.3 Å². The maximum atomic E-state index is 12.6. The number of halogens is 1. The van der Waals surface area contributed by atoms with Crippen LogP contribution in [0.1, 0.15) is 19.8 Å². The van der Waals surface area contributed by atoms with Crippen LogP contribution in [0.2, 0.25) is 5.02 Å². The third-order valence-corrected chi connectivity index (χ3v) is 6.01. The predicted octanol–water partition coefficient (Wildman–Crippen LogP) is 1.99. The molecule has 8 heteroatoms. The summed E-state index contributed by atoms with van der Waals surface area (Å²) in [5, 5.41) is 0.393. The van der Waals surface area contributed by atoms with Gasteiger partial charge in [0.05, 0.1) is 18.0 Å². The molecule has 24 heavy (non-hydrogen) atoms. The van der Waals surface area contributed by atoms with Crippen LogP contribution in [-0.4, -0.2) is 62.9 Å². The molecule has 0 N–H and O–H groups in total. The molecule has 0 aliphatic carbocycles. The van der Waals surface area contributed by atoms with Crippen molar-refractivity contribution in [3.63, 3.8) is 0 Å². The second-order valence-corrected chi connectivity index (χ2v) is 8.09. The van der Waals surface area contributed by atoms with Gasteiger partial charge in [0.2, 0.25) is 10.0 Å². The standard InChI is InChI=1S/C16H23ClN2O4S/c1-2-3-11-23-16(20)13-18-7-9-19(10-8-18)24(21,22)15-6-4-5-14(17)12-15/h4-6,12H,2-3,7-11,13H2,1H3. The van der Waals surface area contributed by atoms with Gasteiger partial charge < -0.3 is 4.74 Å². The molecule has 6 nitrogen and oxygen atoms in total. The highest BCUT2D eigenvalue weighted by Gasteiger charge is 2.29. The first-order valence-corrected chi connectivity index (χ1v) is 9.89. The van der Waals surface area contributed by atoms with Crippen LogP contribution in [-0.2, 0) is 19.6 Å². The van der Waals surface area contributed by atoms with Crippen LogP contribution < -0.4 is 0 Å². The maximum Gasteiger partial charge on any atom is 0.320 e. The lowest BCUT2D eigenvalue weighted by Crippen LogP contribution is -2.50. The van der Waals surface area contributed by atoms with E-state index in [2.05, 4.69) is 0 Å². The van der Waals surface area contributed by atoms with Gasteiger partial charge in [0.25, 0.3) is 0 Å². The predicted molar refractivity (Wildman–Crippen MR) is 92.5 cm³/mol. The molecule has 0 atom stereocenters. The number of benzene rings is 1. The molecule has 1 heterocycles. The van der Waals surface area contributed by atoms with Crippen molar-refractivity contribution < 1.29 is 17.9 Å². The van der Waals surface area contributed by atoms with E-state index in [4.69, 9.17) is 16.3 Å². The minimum Gasteiger partial charge on any atom is -0.465 e. The van der Waals surface area contributed by atoms with Gasteiger partial charge in [-0.15, -0.1) is 0 Å². The van der Waals surface area contributed by atoms with Crippen molar-refractivity contribution in [1.82, 2.24) is 9.21 Å². The van der Waals surface area contributed by atoms with Gasteiger partial charge in [0, 0.05) is 31.2 Å². The molecule has 0 saturated carbocycles. The zero-order chi connectivity index (χ0) is 17.6. The number of esters is 1. The zero-order valence-electron chi connectivity index (χ0n) is 13.8. The van der Waals surface area contributed by atoms with E-state index in [0.29, 0.717) is 37.8 Å². The first kappa shape index (κ1) is 19.2. The summed E-state index contributed by atoms with van der Waals surface area (Å²) < 4.78 is 31.8. The van der Waals surface area contributed by atoms with Crippen LogP contribution in [0.3, 0.4) is 0 Å². The van der Waals surface area contributed by atoms with E-state index in [0.717, 1.165) is 12.8 Å². The Kier molecular flexibility index (Phi) is 7.03. The highest BCUT2D eigenvalue weighted by atomic mass is 35.5. The van der Waals surface area contributed by atoms with Gasteiger partial charge in [0.15, 0.2) is 0 Å². The molecule has 2 rings (SSSR count). The molecule has 0 radical (unpaired) electrons. The summed E-state index contributed by atoms with van der Waals surface area (Å²) in [7, 11) is -3.55. The molecule has 0 bridgehead atoms. The average molecular weight is 375 g/mol. The summed E-state index contributed by atoms with van der Waals surface area (Å²) >= 11 is 5.88. The van der Waals surface area contributed by atoms with Gasteiger partial charge in [-0.3, -0.25) is 9.69 Å². The molecule has 0 spiro atoms. The quantitative estimate of drug-likeness (QED) is 0.539. The SMILES string of the molecule is CCCCOC(=O)CN1CCN(S(=O)(=O)c2cccc(Cl)c2)CC1. The summed E-state index contributed by atoms with van der Waals surface area (Å²) in [5.41, 5.74) is 0. The van der Waals surface area contributed by atoms with Crippen LogP contribution in [0.5, 0.6) is 0 Å². The van der Waals surface area contributed by atoms with Crippen LogP contribution in [0, 0.1) is 0 Å². The Morgan fingerprint density at radius 3 is 2.58 bits per heavy atom. The van der Waals surface area contributed by atoms with Crippen LogP contribution in [0.4, 0.5) is 0 Å². The Balaban J connectivity index is 1.87. The van der Waals surface area contributed by atoms with Crippen molar-refractivity contribution in [3.8, 4) is 0 Å². The molecule has 1 aliphatic rings. The molecule has 1 aromatic carbocycles. The van der Waals surface area contributed by atoms with Crippen molar-refractivity contribution >= 4 is 27.6 Å². The largest absolute Gasteiger partial charge is 0.465 e. The van der Waals surface area contributed by atoms with Gasteiger partial charge in [-0.1, -0.05) is 31.0 Å². The Labute approximate surface area is 148 Å². The zero-order valence-corrected chi connectivity index (χ0v) is 15.4. The summed E-state index contributed by atoms with van der Waals surface area (Å²) in [4.78, 5) is 13.8. The monoisotopic (exact) mass is 374 g/mol. The fourth-order valence-electron chi connectivity index (χ4n) is 2.46. The van der Waals surface area contributed by atoms with Crippen molar-refractivity contribution in [2.24, 2.45) is 0 Å². The van der Waals surface area contributed by atoms with Crippen molar-refractivity contribution in [1.29, 1.82) is 0 Å². The lowest BCUT2D eigenvalue weighted by atomic mass is 10.3. The first-order chi connectivity index (χ1) is 11.4. The van der Waals surface area contributed by atoms with E-state index in [1.807, 2.05) is 11.8 Å². The van der Waals surface area contributed by atoms with Crippen LogP contribution in [0.25, 0.3) is 0 Å². The summed E-state index contributed by atoms with van der Waals surface area (Å²) in [6.45, 7) is 4.38. The number of unbranched alkanes of at least 4 members (excludes halogenated alkanes) is 1. The van der Waals surface area contributed by atoms with Crippen LogP contribution >= 0.6 is 11.6 Å². The number of hydrogen-bond donors (Lipinski definition) is 0. The van der Waals surface area contributed by atoms with Crippen molar-refractivity contribution in [2.45, 2.75) is 24.7 Å². The fourth-order valence-corrected chi connectivity index (χ4v) is 4.19. The second kappa shape index (κ2) is 8.80. The van der Waals surface area contributed by atoms with Crippen LogP contribution in [0.15, 0.2) is 29.2 Å². The van der Waals surface area contributed by atoms with E-state index >= 15 is 0 Å². The van der Waals surface area contributed by atoms with Gasteiger partial charge in [0.1, 0.15) is 0 Å². The Bertz CT molecular complexity index is 658. The lowest BCUT2D eigenvalue weighted by Gasteiger charge is -2.33. The van der Waals surface area contributed by atoms with Crippen molar-refractivity contribution in [3.05, 3.63) is 29.3 Å². The minimum absolute atomic E-state index is 0.197. The average Bonchev–Trinajstić information content (AvgIpc) is 2.55. The summed E-state index contributed by atoms with van der Waals surface area (Å²) in [5.74, 6) is -0.255. The number of nitrogens with zero attached hydrogens (tertiary/aromatic N) is 2. The summed E-state index contributed by atoms with van der Waals surface area (Å²) in [6.07, 6.45) is 1.84. The molecule has 1 fully saturated rings. The fraction of sp³-hybridized carbons (Fsp3) is 0.562. The molecule has 134 valence electrons. The molecule has 0 amide bonds. The third-order valence-electron chi connectivity index (χ3n) is 3.88. The Hall–Kier alpha value is -1.15. The van der Waals surface area contributed by atoms with Gasteiger partial charge in [-0.05, 0) is 24.6 Å². The smallest absolute Gasteiger partial charge is 0.320 e. The molecule has 1 aromatic rings. The topological polar surface area (TPSA) is 66.9 Å². The molecular formula is C16H23ClN2O4S.